The Labute approximate surface area is 103 Å². The van der Waals surface area contributed by atoms with Crippen LogP contribution in [-0.2, 0) is 4.79 Å². The zero-order chi connectivity index (χ0) is 12.4. The number of hydrogen-bond acceptors (Lipinski definition) is 3. The van der Waals surface area contributed by atoms with Gasteiger partial charge in [0.25, 0.3) is 0 Å². The maximum atomic E-state index is 12.3. The summed E-state index contributed by atoms with van der Waals surface area (Å²) in [6, 6.07) is 0.183. The molecule has 98 valence electrons. The summed E-state index contributed by atoms with van der Waals surface area (Å²) in [5.74, 6) is 0.936. The van der Waals surface area contributed by atoms with Gasteiger partial charge in [-0.3, -0.25) is 4.79 Å². The SMILES string of the molecule is CC1CC(N)CC(C(=O)N2CCC(O)CC2)C1. The molecule has 0 bridgehead atoms. The topological polar surface area (TPSA) is 66.6 Å². The van der Waals surface area contributed by atoms with Crippen LogP contribution in [0.4, 0.5) is 0 Å². The Morgan fingerprint density at radius 3 is 2.47 bits per heavy atom. The Hall–Kier alpha value is -0.610. The van der Waals surface area contributed by atoms with Gasteiger partial charge in [-0.25, -0.2) is 0 Å². The summed E-state index contributed by atoms with van der Waals surface area (Å²) in [5, 5.41) is 9.45. The van der Waals surface area contributed by atoms with Crippen LogP contribution in [-0.4, -0.2) is 41.1 Å². The number of aliphatic hydroxyl groups excluding tert-OH is 1. The Balaban J connectivity index is 1.90. The zero-order valence-electron chi connectivity index (χ0n) is 10.6. The Morgan fingerprint density at radius 2 is 1.88 bits per heavy atom. The van der Waals surface area contributed by atoms with Gasteiger partial charge in [0, 0.05) is 25.0 Å². The molecule has 17 heavy (non-hydrogen) atoms. The number of hydrogen-bond donors (Lipinski definition) is 2. The highest BCUT2D eigenvalue weighted by atomic mass is 16.3. The minimum atomic E-state index is -0.216. The molecule has 2 aliphatic rings. The first-order valence-corrected chi connectivity index (χ1v) is 6.78. The van der Waals surface area contributed by atoms with Crippen molar-refractivity contribution >= 4 is 5.91 Å². The fourth-order valence-electron chi connectivity index (χ4n) is 3.20. The fraction of sp³-hybridized carbons (Fsp3) is 0.923. The third kappa shape index (κ3) is 3.19. The minimum Gasteiger partial charge on any atom is -0.393 e. The monoisotopic (exact) mass is 240 g/mol. The number of rotatable bonds is 1. The van der Waals surface area contributed by atoms with Crippen molar-refractivity contribution in [2.24, 2.45) is 17.6 Å². The van der Waals surface area contributed by atoms with Crippen molar-refractivity contribution in [2.75, 3.05) is 13.1 Å². The molecule has 1 saturated heterocycles. The maximum absolute atomic E-state index is 12.3. The Morgan fingerprint density at radius 1 is 1.24 bits per heavy atom. The van der Waals surface area contributed by atoms with Crippen LogP contribution in [0.5, 0.6) is 0 Å². The average Bonchev–Trinajstić information content (AvgIpc) is 2.28. The van der Waals surface area contributed by atoms with Crippen LogP contribution >= 0.6 is 0 Å². The van der Waals surface area contributed by atoms with Crippen LogP contribution in [0.2, 0.25) is 0 Å². The maximum Gasteiger partial charge on any atom is 0.225 e. The lowest BCUT2D eigenvalue weighted by Crippen LogP contribution is -2.46. The van der Waals surface area contributed by atoms with Gasteiger partial charge in [0.2, 0.25) is 5.91 Å². The second kappa shape index (κ2) is 5.36. The van der Waals surface area contributed by atoms with E-state index in [0.29, 0.717) is 19.0 Å². The van der Waals surface area contributed by atoms with Crippen molar-refractivity contribution in [3.63, 3.8) is 0 Å². The molecule has 1 heterocycles. The van der Waals surface area contributed by atoms with Crippen molar-refractivity contribution < 1.29 is 9.90 Å². The zero-order valence-corrected chi connectivity index (χ0v) is 10.6. The molecule has 1 saturated carbocycles. The highest BCUT2D eigenvalue weighted by Crippen LogP contribution is 2.30. The van der Waals surface area contributed by atoms with Crippen molar-refractivity contribution in [3.8, 4) is 0 Å². The van der Waals surface area contributed by atoms with Crippen LogP contribution in [0.1, 0.15) is 39.0 Å². The first kappa shape index (κ1) is 12.8. The highest BCUT2D eigenvalue weighted by molar-refractivity contribution is 5.79. The molecule has 1 amide bonds. The largest absolute Gasteiger partial charge is 0.393 e. The first-order valence-electron chi connectivity index (χ1n) is 6.78. The first-order chi connectivity index (χ1) is 8.06. The van der Waals surface area contributed by atoms with E-state index in [0.717, 1.165) is 32.1 Å². The summed E-state index contributed by atoms with van der Waals surface area (Å²) in [6.45, 7) is 3.60. The van der Waals surface area contributed by atoms with Crippen LogP contribution in [0.15, 0.2) is 0 Å². The predicted molar refractivity (Wildman–Crippen MR) is 66.3 cm³/mol. The molecule has 3 N–H and O–H groups in total. The van der Waals surface area contributed by atoms with E-state index in [1.165, 1.54) is 0 Å². The van der Waals surface area contributed by atoms with Crippen LogP contribution in [0, 0.1) is 11.8 Å². The van der Waals surface area contributed by atoms with Gasteiger partial charge >= 0.3 is 0 Å². The highest BCUT2D eigenvalue weighted by Gasteiger charge is 2.33. The summed E-state index contributed by atoms with van der Waals surface area (Å²) in [6.07, 6.45) is 4.09. The second-order valence-corrected chi connectivity index (χ2v) is 5.83. The number of nitrogens with zero attached hydrogens (tertiary/aromatic N) is 1. The van der Waals surface area contributed by atoms with Gasteiger partial charge in [-0.05, 0) is 38.0 Å². The molecular formula is C13H24N2O2. The standard InChI is InChI=1S/C13H24N2O2/c1-9-6-10(8-11(14)7-9)13(17)15-4-2-12(16)3-5-15/h9-12,16H,2-8,14H2,1H3. The molecular weight excluding hydrogens is 216 g/mol. The summed E-state index contributed by atoms with van der Waals surface area (Å²) >= 11 is 0. The summed E-state index contributed by atoms with van der Waals surface area (Å²) in [7, 11) is 0. The smallest absolute Gasteiger partial charge is 0.225 e. The molecule has 4 nitrogen and oxygen atoms in total. The number of amides is 1. The lowest BCUT2D eigenvalue weighted by atomic mass is 9.79. The molecule has 3 unspecified atom stereocenters. The molecule has 2 fully saturated rings. The number of aliphatic hydroxyl groups is 1. The van der Waals surface area contributed by atoms with Gasteiger partial charge in [0.05, 0.1) is 6.10 Å². The molecule has 0 aromatic heterocycles. The number of likely N-dealkylation sites (tertiary alicyclic amines) is 1. The molecule has 0 aromatic rings. The van der Waals surface area contributed by atoms with Crippen molar-refractivity contribution in [1.29, 1.82) is 0 Å². The molecule has 1 aliphatic heterocycles. The van der Waals surface area contributed by atoms with Crippen molar-refractivity contribution in [1.82, 2.24) is 4.90 Å². The molecule has 2 rings (SSSR count). The van der Waals surface area contributed by atoms with E-state index in [-0.39, 0.29) is 24.0 Å². The van der Waals surface area contributed by atoms with Gasteiger partial charge in [0.1, 0.15) is 0 Å². The van der Waals surface area contributed by atoms with Gasteiger partial charge < -0.3 is 15.7 Å². The molecule has 0 radical (unpaired) electrons. The second-order valence-electron chi connectivity index (χ2n) is 5.83. The minimum absolute atomic E-state index is 0.115. The molecule has 0 aromatic carbocycles. The van der Waals surface area contributed by atoms with E-state index in [1.807, 2.05) is 4.90 Å². The number of carbonyl (C=O) groups excluding carboxylic acids is 1. The van der Waals surface area contributed by atoms with E-state index in [9.17, 15) is 9.90 Å². The molecule has 4 heteroatoms. The lowest BCUT2D eigenvalue weighted by molar-refractivity contribution is -0.139. The van der Waals surface area contributed by atoms with Gasteiger partial charge in [-0.1, -0.05) is 6.92 Å². The van der Waals surface area contributed by atoms with Gasteiger partial charge in [0.15, 0.2) is 0 Å². The van der Waals surface area contributed by atoms with E-state index < -0.39 is 0 Å². The Kier molecular flexibility index (Phi) is 4.05. The van der Waals surface area contributed by atoms with E-state index >= 15 is 0 Å². The molecule has 1 aliphatic carbocycles. The van der Waals surface area contributed by atoms with E-state index in [4.69, 9.17) is 5.73 Å². The summed E-state index contributed by atoms with van der Waals surface area (Å²) in [5.41, 5.74) is 5.99. The summed E-state index contributed by atoms with van der Waals surface area (Å²) in [4.78, 5) is 14.3. The lowest BCUT2D eigenvalue weighted by Gasteiger charge is -2.36. The van der Waals surface area contributed by atoms with Gasteiger partial charge in [-0.15, -0.1) is 0 Å². The molecule has 0 spiro atoms. The third-order valence-corrected chi connectivity index (χ3v) is 4.10. The van der Waals surface area contributed by atoms with E-state index in [2.05, 4.69) is 6.92 Å². The fourth-order valence-corrected chi connectivity index (χ4v) is 3.20. The van der Waals surface area contributed by atoms with Crippen LogP contribution in [0.25, 0.3) is 0 Å². The normalized spacial score (nSPS) is 35.9. The van der Waals surface area contributed by atoms with E-state index in [1.54, 1.807) is 0 Å². The average molecular weight is 240 g/mol. The number of nitrogens with two attached hydrogens (primary N) is 1. The van der Waals surface area contributed by atoms with Crippen LogP contribution < -0.4 is 5.73 Å². The predicted octanol–water partition coefficient (Wildman–Crippen LogP) is 0.733. The van der Waals surface area contributed by atoms with Crippen LogP contribution in [0.3, 0.4) is 0 Å². The number of carbonyl (C=O) groups is 1. The molecule has 3 atom stereocenters. The Bertz CT molecular complexity index is 265. The number of piperidine rings is 1. The summed E-state index contributed by atoms with van der Waals surface area (Å²) < 4.78 is 0. The quantitative estimate of drug-likeness (QED) is 0.710. The van der Waals surface area contributed by atoms with Gasteiger partial charge in [-0.2, -0.15) is 0 Å². The van der Waals surface area contributed by atoms with Crippen molar-refractivity contribution in [2.45, 2.75) is 51.2 Å². The van der Waals surface area contributed by atoms with Crippen molar-refractivity contribution in [3.05, 3.63) is 0 Å². The third-order valence-electron chi connectivity index (χ3n) is 4.10.